The lowest BCUT2D eigenvalue weighted by Crippen LogP contribution is -2.10. The number of aromatic nitrogens is 1. The van der Waals surface area contributed by atoms with Crippen LogP contribution in [-0.2, 0) is 11.2 Å². The van der Waals surface area contributed by atoms with Crippen LogP contribution in [-0.4, -0.2) is 5.16 Å². The quantitative estimate of drug-likeness (QED) is 0.810. The number of rotatable bonds is 2. The summed E-state index contributed by atoms with van der Waals surface area (Å²) in [6.45, 7) is 6.61. The molecule has 3 heteroatoms. The monoisotopic (exact) mass is 247 g/mol. The number of hydrogen-bond donors (Lipinski definition) is 1. The van der Waals surface area contributed by atoms with Gasteiger partial charge in [-0.1, -0.05) is 50.2 Å². The molecule has 0 bridgehead atoms. The first-order chi connectivity index (χ1) is 8.00. The third kappa shape index (κ3) is 2.72. The maximum absolute atomic E-state index is 5.27. The van der Waals surface area contributed by atoms with E-state index in [1.165, 1.54) is 5.56 Å². The molecule has 0 aliphatic heterocycles. The molecule has 0 aliphatic carbocycles. The second-order valence-corrected chi connectivity index (χ2v) is 5.48. The Morgan fingerprint density at radius 2 is 1.82 bits per heavy atom. The molecule has 2 rings (SSSR count). The molecule has 0 N–H and O–H groups in total. The SMILES string of the molecule is CC(C)(C)c1ccc(-c2cc(CS)no2)cc1. The van der Waals surface area contributed by atoms with Crippen molar-refractivity contribution in [2.75, 3.05) is 0 Å². The van der Waals surface area contributed by atoms with Gasteiger partial charge in [0, 0.05) is 17.4 Å². The molecule has 0 saturated carbocycles. The van der Waals surface area contributed by atoms with Crippen LogP contribution in [0.25, 0.3) is 11.3 Å². The predicted molar refractivity (Wildman–Crippen MR) is 73.3 cm³/mol. The van der Waals surface area contributed by atoms with Crippen LogP contribution in [0.15, 0.2) is 34.9 Å². The van der Waals surface area contributed by atoms with Gasteiger partial charge in [-0.2, -0.15) is 12.6 Å². The fraction of sp³-hybridized carbons (Fsp3) is 0.357. The molecular formula is C14H17NOS. The first-order valence-corrected chi connectivity index (χ1v) is 6.31. The minimum atomic E-state index is 0.177. The molecule has 17 heavy (non-hydrogen) atoms. The van der Waals surface area contributed by atoms with E-state index < -0.39 is 0 Å². The van der Waals surface area contributed by atoms with Crippen molar-refractivity contribution >= 4 is 12.6 Å². The van der Waals surface area contributed by atoms with Crippen LogP contribution in [0, 0.1) is 0 Å². The highest BCUT2D eigenvalue weighted by molar-refractivity contribution is 7.79. The lowest BCUT2D eigenvalue weighted by atomic mass is 9.86. The van der Waals surface area contributed by atoms with Gasteiger partial charge in [0.2, 0.25) is 0 Å². The van der Waals surface area contributed by atoms with Crippen molar-refractivity contribution in [3.63, 3.8) is 0 Å². The highest BCUT2D eigenvalue weighted by atomic mass is 32.1. The molecule has 1 aromatic heterocycles. The Labute approximate surface area is 107 Å². The maximum atomic E-state index is 5.27. The summed E-state index contributed by atoms with van der Waals surface area (Å²) in [6.07, 6.45) is 0. The molecule has 2 nitrogen and oxygen atoms in total. The molecule has 0 unspecified atom stereocenters. The zero-order chi connectivity index (χ0) is 12.5. The van der Waals surface area contributed by atoms with E-state index in [2.05, 4.69) is 62.8 Å². The topological polar surface area (TPSA) is 26.0 Å². The van der Waals surface area contributed by atoms with Gasteiger partial charge in [-0.05, 0) is 11.0 Å². The Morgan fingerprint density at radius 1 is 1.18 bits per heavy atom. The van der Waals surface area contributed by atoms with E-state index >= 15 is 0 Å². The number of thiol groups is 1. The standard InChI is InChI=1S/C14H17NOS/c1-14(2,3)11-6-4-10(5-7-11)13-8-12(9-17)15-16-13/h4-8,17H,9H2,1-3H3. The predicted octanol–water partition coefficient (Wildman–Crippen LogP) is 4.07. The molecule has 0 amide bonds. The van der Waals surface area contributed by atoms with Crippen molar-refractivity contribution in [1.29, 1.82) is 0 Å². The van der Waals surface area contributed by atoms with Crippen LogP contribution >= 0.6 is 12.6 Å². The summed E-state index contributed by atoms with van der Waals surface area (Å²) in [4.78, 5) is 0. The van der Waals surface area contributed by atoms with Crippen molar-refractivity contribution in [1.82, 2.24) is 5.16 Å². The summed E-state index contributed by atoms with van der Waals surface area (Å²) in [5.41, 5.74) is 3.41. The summed E-state index contributed by atoms with van der Waals surface area (Å²) in [5, 5.41) is 3.93. The molecule has 1 aromatic carbocycles. The summed E-state index contributed by atoms with van der Waals surface area (Å²) in [7, 11) is 0. The zero-order valence-corrected chi connectivity index (χ0v) is 11.3. The molecule has 0 spiro atoms. The lowest BCUT2D eigenvalue weighted by molar-refractivity contribution is 0.426. The molecule has 1 heterocycles. The lowest BCUT2D eigenvalue weighted by Gasteiger charge is -2.18. The minimum absolute atomic E-state index is 0.177. The van der Waals surface area contributed by atoms with E-state index in [0.717, 1.165) is 17.0 Å². The molecule has 90 valence electrons. The van der Waals surface area contributed by atoms with E-state index in [1.54, 1.807) is 0 Å². The van der Waals surface area contributed by atoms with Gasteiger partial charge >= 0.3 is 0 Å². The summed E-state index contributed by atoms with van der Waals surface area (Å²) in [6, 6.07) is 10.3. The average molecular weight is 247 g/mol. The summed E-state index contributed by atoms with van der Waals surface area (Å²) >= 11 is 4.17. The number of hydrogen-bond acceptors (Lipinski definition) is 3. The van der Waals surface area contributed by atoms with Crippen molar-refractivity contribution in [3.8, 4) is 11.3 Å². The fourth-order valence-corrected chi connectivity index (χ4v) is 1.81. The van der Waals surface area contributed by atoms with Gasteiger partial charge in [0.1, 0.15) is 0 Å². The van der Waals surface area contributed by atoms with Crippen LogP contribution < -0.4 is 0 Å². The summed E-state index contributed by atoms with van der Waals surface area (Å²) in [5.74, 6) is 1.40. The van der Waals surface area contributed by atoms with Crippen LogP contribution in [0.2, 0.25) is 0 Å². The third-order valence-corrected chi connectivity index (χ3v) is 3.08. The molecule has 0 atom stereocenters. The molecule has 0 aliphatic rings. The summed E-state index contributed by atoms with van der Waals surface area (Å²) < 4.78 is 5.27. The van der Waals surface area contributed by atoms with Crippen molar-refractivity contribution in [2.45, 2.75) is 31.9 Å². The Bertz CT molecular complexity index is 494. The van der Waals surface area contributed by atoms with Gasteiger partial charge in [0.15, 0.2) is 5.76 Å². The number of benzene rings is 1. The Hall–Kier alpha value is -1.22. The van der Waals surface area contributed by atoms with E-state index in [1.807, 2.05) is 6.07 Å². The first-order valence-electron chi connectivity index (χ1n) is 5.68. The minimum Gasteiger partial charge on any atom is -0.356 e. The number of nitrogens with zero attached hydrogens (tertiary/aromatic N) is 1. The fourth-order valence-electron chi connectivity index (χ4n) is 1.66. The van der Waals surface area contributed by atoms with Crippen molar-refractivity contribution in [3.05, 3.63) is 41.6 Å². The van der Waals surface area contributed by atoms with E-state index in [4.69, 9.17) is 4.52 Å². The van der Waals surface area contributed by atoms with Gasteiger partial charge < -0.3 is 4.52 Å². The molecule has 0 fully saturated rings. The van der Waals surface area contributed by atoms with Crippen LogP contribution in [0.1, 0.15) is 32.0 Å². The van der Waals surface area contributed by atoms with E-state index in [-0.39, 0.29) is 5.41 Å². The highest BCUT2D eigenvalue weighted by Crippen LogP contribution is 2.26. The average Bonchev–Trinajstić information content (AvgIpc) is 2.76. The zero-order valence-electron chi connectivity index (χ0n) is 10.4. The Kier molecular flexibility index (Phi) is 3.29. The maximum Gasteiger partial charge on any atom is 0.167 e. The van der Waals surface area contributed by atoms with Gasteiger partial charge in [0.25, 0.3) is 0 Å². The largest absolute Gasteiger partial charge is 0.356 e. The molecule has 0 radical (unpaired) electrons. The second-order valence-electron chi connectivity index (χ2n) is 5.17. The van der Waals surface area contributed by atoms with Gasteiger partial charge in [-0.25, -0.2) is 0 Å². The smallest absolute Gasteiger partial charge is 0.167 e. The van der Waals surface area contributed by atoms with Gasteiger partial charge in [-0.15, -0.1) is 0 Å². The van der Waals surface area contributed by atoms with Gasteiger partial charge in [-0.3, -0.25) is 0 Å². The Balaban J connectivity index is 2.29. The molecule has 2 aromatic rings. The second kappa shape index (κ2) is 4.57. The Morgan fingerprint density at radius 3 is 2.29 bits per heavy atom. The molecular weight excluding hydrogens is 230 g/mol. The third-order valence-electron chi connectivity index (χ3n) is 2.76. The van der Waals surface area contributed by atoms with Crippen molar-refractivity contribution in [2.24, 2.45) is 0 Å². The van der Waals surface area contributed by atoms with E-state index in [9.17, 15) is 0 Å². The van der Waals surface area contributed by atoms with Crippen molar-refractivity contribution < 1.29 is 4.52 Å². The van der Waals surface area contributed by atoms with Crippen LogP contribution in [0.5, 0.6) is 0 Å². The van der Waals surface area contributed by atoms with Crippen LogP contribution in [0.3, 0.4) is 0 Å². The normalized spacial score (nSPS) is 11.8. The van der Waals surface area contributed by atoms with Crippen LogP contribution in [0.4, 0.5) is 0 Å². The van der Waals surface area contributed by atoms with E-state index in [0.29, 0.717) is 5.75 Å². The molecule has 0 saturated heterocycles. The highest BCUT2D eigenvalue weighted by Gasteiger charge is 2.13. The van der Waals surface area contributed by atoms with Gasteiger partial charge in [0.05, 0.1) is 5.69 Å². The first kappa shape index (κ1) is 12.2.